The quantitative estimate of drug-likeness (QED) is 0.638. The highest BCUT2D eigenvalue weighted by molar-refractivity contribution is 7.89. The highest BCUT2D eigenvalue weighted by atomic mass is 32.2. The van der Waals surface area contributed by atoms with Crippen molar-refractivity contribution >= 4 is 37.5 Å². The van der Waals surface area contributed by atoms with Crippen molar-refractivity contribution < 1.29 is 13.2 Å². The average molecular weight is 405 g/mol. The SMILES string of the molecule is CCNS(=O)(=O)c1ccc(C)c(C(=O)N/N=c2\sc3ccccc3n2C)c1. The van der Waals surface area contributed by atoms with Crippen LogP contribution in [0.1, 0.15) is 22.8 Å². The molecule has 1 aromatic heterocycles. The lowest BCUT2D eigenvalue weighted by molar-refractivity contribution is 0.0952. The number of benzene rings is 2. The summed E-state index contributed by atoms with van der Waals surface area (Å²) in [5.74, 6) is -0.460. The molecule has 0 saturated carbocycles. The summed E-state index contributed by atoms with van der Waals surface area (Å²) >= 11 is 1.45. The van der Waals surface area contributed by atoms with Gasteiger partial charge < -0.3 is 4.57 Å². The number of aromatic nitrogens is 1. The third kappa shape index (κ3) is 3.95. The second kappa shape index (κ2) is 7.63. The van der Waals surface area contributed by atoms with Gasteiger partial charge in [0.25, 0.3) is 5.91 Å². The molecule has 1 heterocycles. The van der Waals surface area contributed by atoms with Gasteiger partial charge in [0.1, 0.15) is 0 Å². The molecule has 0 unspecified atom stereocenters. The van der Waals surface area contributed by atoms with Crippen LogP contribution in [0.3, 0.4) is 0 Å². The molecule has 0 aliphatic rings. The third-order valence-electron chi connectivity index (χ3n) is 4.07. The number of nitrogens with one attached hydrogen (secondary N) is 2. The average Bonchev–Trinajstić information content (AvgIpc) is 2.96. The predicted molar refractivity (Wildman–Crippen MR) is 106 cm³/mol. The maximum Gasteiger partial charge on any atom is 0.271 e. The second-order valence-electron chi connectivity index (χ2n) is 5.94. The Hall–Kier alpha value is -2.49. The molecule has 0 atom stereocenters. The number of aryl methyl sites for hydroxylation is 2. The number of thiazole rings is 1. The van der Waals surface area contributed by atoms with Crippen LogP contribution in [-0.2, 0) is 17.1 Å². The molecule has 27 heavy (non-hydrogen) atoms. The van der Waals surface area contributed by atoms with Crippen molar-refractivity contribution in [3.8, 4) is 0 Å². The Bertz CT molecular complexity index is 1180. The maximum atomic E-state index is 12.6. The summed E-state index contributed by atoms with van der Waals surface area (Å²) in [5, 5.41) is 4.21. The monoisotopic (exact) mass is 404 g/mol. The largest absolute Gasteiger partial charge is 0.318 e. The van der Waals surface area contributed by atoms with Gasteiger partial charge in [0, 0.05) is 19.2 Å². The minimum Gasteiger partial charge on any atom is -0.318 e. The van der Waals surface area contributed by atoms with E-state index in [0.717, 1.165) is 10.2 Å². The smallest absolute Gasteiger partial charge is 0.271 e. The highest BCUT2D eigenvalue weighted by Gasteiger charge is 2.17. The van der Waals surface area contributed by atoms with Crippen molar-refractivity contribution in [2.24, 2.45) is 12.1 Å². The summed E-state index contributed by atoms with van der Waals surface area (Å²) in [6, 6.07) is 12.3. The lowest BCUT2D eigenvalue weighted by Gasteiger charge is -2.09. The Labute approximate surface area is 161 Å². The maximum absolute atomic E-state index is 12.6. The molecule has 0 fully saturated rings. The number of nitrogens with zero attached hydrogens (tertiary/aromatic N) is 2. The summed E-state index contributed by atoms with van der Waals surface area (Å²) in [5.41, 5.74) is 4.48. The number of carbonyl (C=O) groups excluding carboxylic acids is 1. The van der Waals surface area contributed by atoms with Crippen molar-refractivity contribution in [1.29, 1.82) is 0 Å². The van der Waals surface area contributed by atoms with Crippen LogP contribution in [0.15, 0.2) is 52.5 Å². The van der Waals surface area contributed by atoms with E-state index in [0.29, 0.717) is 10.4 Å². The van der Waals surface area contributed by atoms with Crippen LogP contribution in [0, 0.1) is 6.92 Å². The molecule has 0 aliphatic carbocycles. The van der Waals surface area contributed by atoms with Gasteiger partial charge in [0.15, 0.2) is 0 Å². The van der Waals surface area contributed by atoms with Gasteiger partial charge in [0.05, 0.1) is 15.1 Å². The van der Waals surface area contributed by atoms with Gasteiger partial charge in [-0.3, -0.25) is 4.79 Å². The molecular weight excluding hydrogens is 384 g/mol. The van der Waals surface area contributed by atoms with Crippen LogP contribution in [-0.4, -0.2) is 25.4 Å². The van der Waals surface area contributed by atoms with Crippen LogP contribution in [0.5, 0.6) is 0 Å². The van der Waals surface area contributed by atoms with E-state index in [9.17, 15) is 13.2 Å². The normalized spacial score (nSPS) is 12.5. The molecule has 7 nitrogen and oxygen atoms in total. The van der Waals surface area contributed by atoms with E-state index in [1.165, 1.54) is 23.5 Å². The first-order chi connectivity index (χ1) is 12.8. The second-order valence-corrected chi connectivity index (χ2v) is 8.72. The minimum absolute atomic E-state index is 0.0486. The van der Waals surface area contributed by atoms with E-state index in [2.05, 4.69) is 15.2 Å². The van der Waals surface area contributed by atoms with Crippen LogP contribution >= 0.6 is 11.3 Å². The topological polar surface area (TPSA) is 92.6 Å². The first-order valence-electron chi connectivity index (χ1n) is 8.32. The van der Waals surface area contributed by atoms with Gasteiger partial charge in [-0.2, -0.15) is 0 Å². The van der Waals surface area contributed by atoms with E-state index in [4.69, 9.17) is 0 Å². The number of sulfonamides is 1. The van der Waals surface area contributed by atoms with Gasteiger partial charge in [0.2, 0.25) is 14.8 Å². The van der Waals surface area contributed by atoms with Gasteiger partial charge in [-0.05, 0) is 36.8 Å². The van der Waals surface area contributed by atoms with Gasteiger partial charge in [-0.25, -0.2) is 18.6 Å². The number of carbonyl (C=O) groups is 1. The van der Waals surface area contributed by atoms with Crippen molar-refractivity contribution in [3.05, 3.63) is 58.4 Å². The standard InChI is InChI=1S/C18H20N4O3S2/c1-4-19-27(24,25)13-10-9-12(2)14(11-13)17(23)20-21-18-22(3)15-7-5-6-8-16(15)26-18/h5-11,19H,4H2,1-3H3,(H,20,23)/b21-18-. The Morgan fingerprint density at radius 1 is 1.22 bits per heavy atom. The molecule has 3 rings (SSSR count). The fourth-order valence-corrected chi connectivity index (χ4v) is 4.68. The van der Waals surface area contributed by atoms with E-state index >= 15 is 0 Å². The molecular formula is C18H20N4O3S2. The Morgan fingerprint density at radius 2 is 1.96 bits per heavy atom. The molecule has 3 aromatic rings. The molecule has 142 valence electrons. The molecule has 0 radical (unpaired) electrons. The molecule has 0 aliphatic heterocycles. The zero-order valence-electron chi connectivity index (χ0n) is 15.2. The Balaban J connectivity index is 1.93. The number of para-hydroxylation sites is 1. The lowest BCUT2D eigenvalue weighted by Crippen LogP contribution is -2.26. The van der Waals surface area contributed by atoms with E-state index in [1.54, 1.807) is 19.9 Å². The summed E-state index contributed by atoms with van der Waals surface area (Å²) in [7, 11) is -1.76. The van der Waals surface area contributed by atoms with Gasteiger partial charge in [-0.1, -0.05) is 36.5 Å². The summed E-state index contributed by atoms with van der Waals surface area (Å²) in [6.07, 6.45) is 0. The molecule has 0 saturated heterocycles. The first-order valence-corrected chi connectivity index (χ1v) is 10.6. The summed E-state index contributed by atoms with van der Waals surface area (Å²) < 4.78 is 29.7. The van der Waals surface area contributed by atoms with Crippen LogP contribution in [0.2, 0.25) is 0 Å². The van der Waals surface area contributed by atoms with Gasteiger partial charge in [-0.15, -0.1) is 5.10 Å². The van der Waals surface area contributed by atoms with Crippen LogP contribution in [0.4, 0.5) is 0 Å². The van der Waals surface area contributed by atoms with Crippen molar-refractivity contribution in [2.75, 3.05) is 6.54 Å². The number of rotatable bonds is 5. The molecule has 1 amide bonds. The zero-order valence-corrected chi connectivity index (χ0v) is 16.8. The van der Waals surface area contributed by atoms with E-state index in [1.807, 2.05) is 35.9 Å². The van der Waals surface area contributed by atoms with Crippen LogP contribution in [0.25, 0.3) is 10.2 Å². The zero-order chi connectivity index (χ0) is 19.6. The highest BCUT2D eigenvalue weighted by Crippen LogP contribution is 2.16. The fourth-order valence-electron chi connectivity index (χ4n) is 2.63. The first kappa shape index (κ1) is 19.3. The number of hydrogen-bond donors (Lipinski definition) is 2. The molecule has 2 N–H and O–H groups in total. The van der Waals surface area contributed by atoms with Crippen molar-refractivity contribution in [2.45, 2.75) is 18.7 Å². The molecule has 2 aromatic carbocycles. The number of amides is 1. The molecule has 0 bridgehead atoms. The molecule has 0 spiro atoms. The van der Waals surface area contributed by atoms with Crippen molar-refractivity contribution in [3.63, 3.8) is 0 Å². The Morgan fingerprint density at radius 3 is 2.67 bits per heavy atom. The summed E-state index contributed by atoms with van der Waals surface area (Å²) in [4.78, 5) is 13.3. The van der Waals surface area contributed by atoms with Crippen LogP contribution < -0.4 is 14.9 Å². The van der Waals surface area contributed by atoms with Gasteiger partial charge >= 0.3 is 0 Å². The summed E-state index contributed by atoms with van der Waals surface area (Å²) in [6.45, 7) is 3.72. The van der Waals surface area contributed by atoms with Crippen molar-refractivity contribution in [1.82, 2.24) is 14.7 Å². The van der Waals surface area contributed by atoms with E-state index in [-0.39, 0.29) is 17.0 Å². The van der Waals surface area contributed by atoms with E-state index < -0.39 is 15.9 Å². The minimum atomic E-state index is -3.64. The Kier molecular flexibility index (Phi) is 5.45. The number of fused-ring (bicyclic) bond motifs is 1. The molecule has 9 heteroatoms. The fraction of sp³-hybridized carbons (Fsp3) is 0.222. The lowest BCUT2D eigenvalue weighted by atomic mass is 10.1. The predicted octanol–water partition coefficient (Wildman–Crippen LogP) is 2.09. The third-order valence-corrected chi connectivity index (χ3v) is 6.72. The number of hydrogen-bond acceptors (Lipinski definition) is 5.